The molecule has 15 nitrogen and oxygen atoms in total. The van der Waals surface area contributed by atoms with Gasteiger partial charge in [-0.1, -0.05) is 0 Å². The van der Waals surface area contributed by atoms with Gasteiger partial charge in [-0.3, -0.25) is 13.9 Å². The number of carbonyl (C=O) groups is 2. The molecule has 2 aromatic rings. The minimum atomic E-state index is -4.86. The molecule has 0 saturated heterocycles. The fourth-order valence-electron chi connectivity index (χ4n) is 1.87. The Labute approximate surface area is 143 Å². The topological polar surface area (TPSA) is 229 Å². The van der Waals surface area contributed by atoms with Gasteiger partial charge in [0.1, 0.15) is 12.4 Å². The maximum atomic E-state index is 11.4. The summed E-state index contributed by atoms with van der Waals surface area (Å²) in [6, 6.07) is 0. The van der Waals surface area contributed by atoms with Gasteiger partial charge in [0.2, 0.25) is 5.95 Å². The second kappa shape index (κ2) is 7.97. The third-order valence-corrected chi connectivity index (χ3v) is 3.35. The summed E-state index contributed by atoms with van der Waals surface area (Å²) in [6.07, 6.45) is -1.67. The summed E-state index contributed by atoms with van der Waals surface area (Å²) in [5, 5.41) is 3.30. The van der Waals surface area contributed by atoms with Crippen LogP contribution < -0.4 is 5.73 Å². The highest BCUT2D eigenvalue weighted by Gasteiger charge is 2.26. The van der Waals surface area contributed by atoms with Crippen molar-refractivity contribution in [3.05, 3.63) is 16.8 Å². The number of nitrogens with zero attached hydrogens (tertiary/aromatic N) is 7. The van der Waals surface area contributed by atoms with Crippen LogP contribution in [0.1, 0.15) is 6.23 Å². The van der Waals surface area contributed by atoms with Crippen molar-refractivity contribution in [3.63, 3.8) is 0 Å². The van der Waals surface area contributed by atoms with Crippen LogP contribution in [-0.4, -0.2) is 54.6 Å². The number of rotatable bonds is 9. The molecule has 138 valence electrons. The fraction of sp³-hybridized carbons (Fsp3) is 0.300. The average Bonchev–Trinajstić information content (AvgIpc) is 2.94. The Bertz CT molecular complexity index is 919. The van der Waals surface area contributed by atoms with E-state index in [9.17, 15) is 14.2 Å². The zero-order chi connectivity index (χ0) is 19.3. The summed E-state index contributed by atoms with van der Waals surface area (Å²) < 4.78 is 21.0. The van der Waals surface area contributed by atoms with Crippen molar-refractivity contribution in [1.82, 2.24) is 19.5 Å². The number of azide groups is 1. The lowest BCUT2D eigenvalue weighted by molar-refractivity contribution is -0.138. The second-order valence-electron chi connectivity index (χ2n) is 4.53. The van der Waals surface area contributed by atoms with Crippen LogP contribution in [0.3, 0.4) is 0 Å². The lowest BCUT2D eigenvalue weighted by Crippen LogP contribution is -2.27. The predicted molar refractivity (Wildman–Crippen MR) is 82.6 cm³/mol. The molecule has 0 radical (unpaired) electrons. The van der Waals surface area contributed by atoms with E-state index in [4.69, 9.17) is 25.8 Å². The van der Waals surface area contributed by atoms with Crippen molar-refractivity contribution >= 4 is 43.3 Å². The Hall–Kier alpha value is -2.93. The van der Waals surface area contributed by atoms with E-state index in [0.29, 0.717) is 0 Å². The Morgan fingerprint density at radius 1 is 1.42 bits per heavy atom. The van der Waals surface area contributed by atoms with E-state index in [-0.39, 0.29) is 35.5 Å². The molecule has 2 rings (SSSR count). The van der Waals surface area contributed by atoms with Crippen molar-refractivity contribution in [2.45, 2.75) is 12.3 Å². The Balaban J connectivity index is 2.42. The highest BCUT2D eigenvalue weighted by molar-refractivity contribution is 7.46. The Morgan fingerprint density at radius 3 is 2.73 bits per heavy atom. The van der Waals surface area contributed by atoms with Crippen molar-refractivity contribution in [2.75, 3.05) is 12.3 Å². The number of ether oxygens (including phenoxy) is 1. The molecule has 0 aromatic carbocycles. The molecule has 2 aromatic heterocycles. The first kappa shape index (κ1) is 19.4. The van der Waals surface area contributed by atoms with Crippen LogP contribution in [0.4, 0.5) is 11.8 Å². The first-order valence-corrected chi connectivity index (χ1v) is 8.13. The molecular formula is C10H11N8O7P. The number of hydrogen-bond acceptors (Lipinski definition) is 10. The molecule has 2 unspecified atom stereocenters. The van der Waals surface area contributed by atoms with Crippen LogP contribution in [0.5, 0.6) is 0 Å². The molecule has 2 heterocycles. The third-order valence-electron chi connectivity index (χ3n) is 2.86. The smallest absolute Gasteiger partial charge is 0.382 e. The monoisotopic (exact) mass is 386 g/mol. The molecular weight excluding hydrogens is 375 g/mol. The summed E-state index contributed by atoms with van der Waals surface area (Å²) in [5.74, 6) is -0.420. The highest BCUT2D eigenvalue weighted by atomic mass is 31.2. The van der Waals surface area contributed by atoms with E-state index < -0.39 is 26.8 Å². The number of fused-ring (bicyclic) bond motifs is 1. The number of nitrogens with two attached hydrogens (primary N) is 1. The molecule has 0 aliphatic rings. The summed E-state index contributed by atoms with van der Waals surface area (Å²) in [6.45, 7) is -0.835. The van der Waals surface area contributed by atoms with Crippen molar-refractivity contribution in [2.24, 2.45) is 5.11 Å². The summed E-state index contributed by atoms with van der Waals surface area (Å²) >= 11 is 0. The maximum Gasteiger partial charge on any atom is 0.469 e. The van der Waals surface area contributed by atoms with E-state index in [1.54, 1.807) is 0 Å². The molecule has 16 heteroatoms. The predicted octanol–water partition coefficient (Wildman–Crippen LogP) is -0.259. The molecule has 2 atom stereocenters. The number of aldehydes is 2. The van der Waals surface area contributed by atoms with Gasteiger partial charge in [0.25, 0.3) is 0 Å². The van der Waals surface area contributed by atoms with E-state index in [0.717, 1.165) is 10.9 Å². The number of nitrogen functional groups attached to an aromatic ring is 1. The van der Waals surface area contributed by atoms with E-state index >= 15 is 0 Å². The molecule has 0 fully saturated rings. The number of phosphoric ester groups is 1. The van der Waals surface area contributed by atoms with Crippen LogP contribution in [0.15, 0.2) is 11.4 Å². The number of aromatic nitrogens is 4. The molecule has 0 aliphatic heterocycles. The molecule has 0 bridgehead atoms. The zero-order valence-electron chi connectivity index (χ0n) is 12.7. The first-order valence-electron chi connectivity index (χ1n) is 6.60. The van der Waals surface area contributed by atoms with E-state index in [1.807, 2.05) is 0 Å². The minimum Gasteiger partial charge on any atom is -0.382 e. The van der Waals surface area contributed by atoms with E-state index in [1.165, 1.54) is 0 Å². The zero-order valence-corrected chi connectivity index (χ0v) is 13.6. The van der Waals surface area contributed by atoms with Crippen LogP contribution >= 0.6 is 7.82 Å². The van der Waals surface area contributed by atoms with Gasteiger partial charge in [0.05, 0.1) is 6.61 Å². The summed E-state index contributed by atoms with van der Waals surface area (Å²) in [4.78, 5) is 53.9. The van der Waals surface area contributed by atoms with E-state index in [2.05, 4.69) is 29.5 Å². The van der Waals surface area contributed by atoms with Crippen LogP contribution in [0, 0.1) is 0 Å². The van der Waals surface area contributed by atoms with Crippen molar-refractivity contribution in [1.29, 1.82) is 0 Å². The SMILES string of the molecule is [N-]=[N+]=Nc1nc2c(N)ncnc2n1C(C=O)OC(C=O)COP(=O)(O)O. The lowest BCUT2D eigenvalue weighted by Gasteiger charge is -2.19. The van der Waals surface area contributed by atoms with Crippen LogP contribution in [0.2, 0.25) is 0 Å². The number of hydrogen-bond donors (Lipinski definition) is 3. The molecule has 0 amide bonds. The quantitative estimate of drug-likeness (QED) is 0.167. The number of anilines is 1. The second-order valence-corrected chi connectivity index (χ2v) is 5.77. The molecule has 26 heavy (non-hydrogen) atoms. The number of phosphoric acid groups is 1. The number of carbonyl (C=O) groups excluding carboxylic acids is 2. The standard InChI is InChI=1S/C10H11N8O7P/c11-8-7-9(14-4-13-8)18(10(15-7)16-17-12)6(2-20)25-5(1-19)3-24-26(21,22)23/h1-2,4-6H,3H2,(H2,11,13,14)(H2,21,22,23). The van der Waals surface area contributed by atoms with Gasteiger partial charge in [-0.25, -0.2) is 19.5 Å². The number of imidazole rings is 1. The molecule has 0 spiro atoms. The molecule has 0 saturated carbocycles. The van der Waals surface area contributed by atoms with Gasteiger partial charge < -0.3 is 25.1 Å². The van der Waals surface area contributed by atoms with Gasteiger partial charge in [-0.2, -0.15) is 0 Å². The molecule has 4 N–H and O–H groups in total. The first-order chi connectivity index (χ1) is 12.3. The van der Waals surface area contributed by atoms with Crippen LogP contribution in [0.25, 0.3) is 21.6 Å². The average molecular weight is 386 g/mol. The summed E-state index contributed by atoms with van der Waals surface area (Å²) in [7, 11) is -4.86. The van der Waals surface area contributed by atoms with Gasteiger partial charge in [-0.15, -0.1) is 0 Å². The fourth-order valence-corrected chi connectivity index (χ4v) is 2.21. The van der Waals surface area contributed by atoms with Crippen LogP contribution in [-0.2, 0) is 23.4 Å². The largest absolute Gasteiger partial charge is 0.469 e. The maximum absolute atomic E-state index is 11.4. The Morgan fingerprint density at radius 2 is 2.15 bits per heavy atom. The van der Waals surface area contributed by atoms with Crippen molar-refractivity contribution < 1.29 is 33.2 Å². The lowest BCUT2D eigenvalue weighted by atomic mass is 10.4. The third kappa shape index (κ3) is 4.37. The van der Waals surface area contributed by atoms with Crippen molar-refractivity contribution in [3.8, 4) is 0 Å². The highest BCUT2D eigenvalue weighted by Crippen LogP contribution is 2.36. The molecule has 0 aliphatic carbocycles. The van der Waals surface area contributed by atoms with Gasteiger partial charge in [-0.05, 0) is 10.6 Å². The van der Waals surface area contributed by atoms with Gasteiger partial charge in [0, 0.05) is 4.91 Å². The summed E-state index contributed by atoms with van der Waals surface area (Å²) in [5.41, 5.74) is 14.3. The van der Waals surface area contributed by atoms with Gasteiger partial charge in [0.15, 0.2) is 35.8 Å². The Kier molecular flexibility index (Phi) is 5.94. The normalized spacial score (nSPS) is 13.8. The minimum absolute atomic E-state index is 0.0134. The van der Waals surface area contributed by atoms with Gasteiger partial charge >= 0.3 is 7.82 Å².